The standard InChI is InChI=1S/C23H27N5O7/c1-23(21(33-3)34-4)20(29)19(17-11-15(28(30)31)7-10-18(17)35-23)27-22(26-13-24)25-12-14-5-8-16(32-2)9-6-14/h5-11,19-21,29H,12H2,1-4H3,(H2,25,26,27)/t19-,20+,23-/m1/s1. The molecule has 35 heavy (non-hydrogen) atoms. The van der Waals surface area contributed by atoms with Gasteiger partial charge in [0, 0.05) is 38.5 Å². The Morgan fingerprint density at radius 2 is 1.97 bits per heavy atom. The minimum Gasteiger partial charge on any atom is -0.497 e. The minimum absolute atomic E-state index is 0.0560. The zero-order valence-corrected chi connectivity index (χ0v) is 19.7. The molecular formula is C23H27N5O7. The van der Waals surface area contributed by atoms with Crippen molar-refractivity contribution in [3.63, 3.8) is 0 Å². The Balaban J connectivity index is 1.95. The first-order valence-electron chi connectivity index (χ1n) is 10.6. The summed E-state index contributed by atoms with van der Waals surface area (Å²) in [5.41, 5.74) is -0.398. The first-order chi connectivity index (χ1) is 16.8. The number of guanidine groups is 1. The number of nitro benzene ring substituents is 1. The SMILES string of the molecule is COc1ccc(CNC(=NC#N)N[C@@H]2c3cc([N+](=O)[O-])ccc3O[C@@](C)(C(OC)OC)[C@H]2O)cc1. The van der Waals surface area contributed by atoms with E-state index >= 15 is 0 Å². The second-order valence-electron chi connectivity index (χ2n) is 7.90. The highest BCUT2D eigenvalue weighted by atomic mass is 16.7. The number of non-ortho nitro benzene ring substituents is 1. The van der Waals surface area contributed by atoms with Crippen molar-refractivity contribution in [1.29, 1.82) is 5.26 Å². The number of hydrogen-bond donors (Lipinski definition) is 3. The van der Waals surface area contributed by atoms with E-state index in [0.29, 0.717) is 17.9 Å². The summed E-state index contributed by atoms with van der Waals surface area (Å²) in [5, 5.41) is 38.0. The maximum absolute atomic E-state index is 11.4. The van der Waals surface area contributed by atoms with Gasteiger partial charge in [0.15, 0.2) is 11.9 Å². The lowest BCUT2D eigenvalue weighted by atomic mass is 9.84. The van der Waals surface area contributed by atoms with Crippen LogP contribution in [-0.2, 0) is 16.0 Å². The molecule has 0 spiro atoms. The number of benzene rings is 2. The van der Waals surface area contributed by atoms with Gasteiger partial charge in [-0.05, 0) is 30.7 Å². The van der Waals surface area contributed by atoms with Crippen molar-refractivity contribution in [2.24, 2.45) is 4.99 Å². The van der Waals surface area contributed by atoms with E-state index in [-0.39, 0.29) is 17.4 Å². The number of nitrogens with one attached hydrogen (secondary N) is 2. The van der Waals surface area contributed by atoms with Gasteiger partial charge in [-0.3, -0.25) is 10.1 Å². The Labute approximate surface area is 202 Å². The summed E-state index contributed by atoms with van der Waals surface area (Å²) in [6, 6.07) is 10.4. The van der Waals surface area contributed by atoms with Crippen LogP contribution in [0.25, 0.3) is 0 Å². The zero-order valence-electron chi connectivity index (χ0n) is 19.7. The predicted molar refractivity (Wildman–Crippen MR) is 125 cm³/mol. The van der Waals surface area contributed by atoms with Crippen molar-refractivity contribution in [1.82, 2.24) is 10.6 Å². The number of nitriles is 1. The second kappa shape index (κ2) is 11.0. The van der Waals surface area contributed by atoms with Gasteiger partial charge in [0.2, 0.25) is 12.2 Å². The van der Waals surface area contributed by atoms with Gasteiger partial charge in [-0.15, -0.1) is 4.99 Å². The smallest absolute Gasteiger partial charge is 0.270 e. The van der Waals surface area contributed by atoms with Gasteiger partial charge in [-0.2, -0.15) is 5.26 Å². The van der Waals surface area contributed by atoms with Gasteiger partial charge < -0.3 is 34.7 Å². The molecule has 0 aliphatic carbocycles. The van der Waals surface area contributed by atoms with Gasteiger partial charge in [0.25, 0.3) is 5.69 Å². The van der Waals surface area contributed by atoms with E-state index in [4.69, 9.17) is 18.9 Å². The first-order valence-corrected chi connectivity index (χ1v) is 10.6. The summed E-state index contributed by atoms with van der Waals surface area (Å²) in [6.07, 6.45) is -0.585. The number of methoxy groups -OCH3 is 3. The molecule has 1 heterocycles. The predicted octanol–water partition coefficient (Wildman–Crippen LogP) is 1.99. The zero-order chi connectivity index (χ0) is 25.6. The quantitative estimate of drug-likeness (QED) is 0.126. The van der Waals surface area contributed by atoms with Crippen molar-refractivity contribution < 1.29 is 29.0 Å². The number of aliphatic hydroxyl groups excluding tert-OH is 1. The van der Waals surface area contributed by atoms with E-state index < -0.39 is 29.0 Å². The monoisotopic (exact) mass is 485 g/mol. The number of nitro groups is 1. The lowest BCUT2D eigenvalue weighted by Gasteiger charge is -2.46. The molecule has 1 aliphatic heterocycles. The molecule has 12 heteroatoms. The molecule has 3 rings (SSSR count). The van der Waals surface area contributed by atoms with Crippen LogP contribution in [0, 0.1) is 21.6 Å². The molecule has 2 aromatic rings. The molecule has 1 aliphatic rings. The van der Waals surface area contributed by atoms with Crippen molar-refractivity contribution >= 4 is 11.6 Å². The summed E-state index contributed by atoms with van der Waals surface area (Å²) in [4.78, 5) is 14.6. The van der Waals surface area contributed by atoms with Gasteiger partial charge in [-0.1, -0.05) is 12.1 Å². The van der Waals surface area contributed by atoms with Gasteiger partial charge >= 0.3 is 0 Å². The van der Waals surface area contributed by atoms with E-state index in [1.54, 1.807) is 32.4 Å². The van der Waals surface area contributed by atoms with E-state index in [9.17, 15) is 20.5 Å². The second-order valence-corrected chi connectivity index (χ2v) is 7.90. The molecule has 0 fully saturated rings. The molecule has 2 aromatic carbocycles. The molecule has 0 radical (unpaired) electrons. The largest absolute Gasteiger partial charge is 0.497 e. The fourth-order valence-corrected chi connectivity index (χ4v) is 3.94. The summed E-state index contributed by atoms with van der Waals surface area (Å²) < 4.78 is 21.9. The Morgan fingerprint density at radius 1 is 1.29 bits per heavy atom. The maximum Gasteiger partial charge on any atom is 0.270 e. The average Bonchev–Trinajstić information content (AvgIpc) is 2.86. The number of nitrogens with zero attached hydrogens (tertiary/aromatic N) is 3. The highest BCUT2D eigenvalue weighted by Crippen LogP contribution is 2.43. The first kappa shape index (κ1) is 25.7. The molecule has 0 unspecified atom stereocenters. The molecule has 186 valence electrons. The van der Waals surface area contributed by atoms with Crippen LogP contribution in [0.3, 0.4) is 0 Å². The lowest BCUT2D eigenvalue weighted by Crippen LogP contribution is -2.62. The molecule has 0 saturated heterocycles. The number of ether oxygens (including phenoxy) is 4. The summed E-state index contributed by atoms with van der Waals surface area (Å²) in [7, 11) is 4.38. The van der Waals surface area contributed by atoms with Crippen molar-refractivity contribution in [3.05, 3.63) is 63.7 Å². The van der Waals surface area contributed by atoms with Crippen LogP contribution in [0.5, 0.6) is 11.5 Å². The van der Waals surface area contributed by atoms with Crippen molar-refractivity contribution in [2.75, 3.05) is 21.3 Å². The fourth-order valence-electron chi connectivity index (χ4n) is 3.94. The molecule has 0 aromatic heterocycles. The topological polar surface area (TPSA) is 160 Å². The van der Waals surface area contributed by atoms with E-state index in [1.807, 2.05) is 12.1 Å². The third-order valence-electron chi connectivity index (χ3n) is 5.74. The summed E-state index contributed by atoms with van der Waals surface area (Å²) in [6.45, 7) is 1.90. The van der Waals surface area contributed by atoms with Crippen LogP contribution in [0.4, 0.5) is 5.69 Å². The molecule has 0 saturated carbocycles. The molecule has 0 bridgehead atoms. The van der Waals surface area contributed by atoms with Crippen molar-refractivity contribution in [3.8, 4) is 17.7 Å². The van der Waals surface area contributed by atoms with Crippen LogP contribution in [0.2, 0.25) is 0 Å². The molecular weight excluding hydrogens is 458 g/mol. The van der Waals surface area contributed by atoms with Crippen LogP contribution >= 0.6 is 0 Å². The molecule has 3 atom stereocenters. The number of aliphatic imine (C=N–C) groups is 1. The van der Waals surface area contributed by atoms with Crippen LogP contribution in [0.15, 0.2) is 47.5 Å². The van der Waals surface area contributed by atoms with Crippen LogP contribution in [0.1, 0.15) is 24.1 Å². The van der Waals surface area contributed by atoms with Crippen molar-refractivity contribution in [2.45, 2.75) is 37.5 Å². The number of rotatable bonds is 8. The Kier molecular flexibility index (Phi) is 8.08. The minimum atomic E-state index is -1.40. The Morgan fingerprint density at radius 3 is 2.54 bits per heavy atom. The number of fused-ring (bicyclic) bond motifs is 1. The number of aliphatic hydroxyl groups is 1. The molecule has 12 nitrogen and oxygen atoms in total. The average molecular weight is 485 g/mol. The maximum atomic E-state index is 11.4. The number of hydrogen-bond acceptors (Lipinski definition) is 9. The van der Waals surface area contributed by atoms with Crippen LogP contribution in [-0.4, -0.2) is 55.3 Å². The molecule has 0 amide bonds. The van der Waals surface area contributed by atoms with Gasteiger partial charge in [-0.25, -0.2) is 0 Å². The molecule has 3 N–H and O–H groups in total. The van der Waals surface area contributed by atoms with Gasteiger partial charge in [0.05, 0.1) is 18.1 Å². The Bertz CT molecular complexity index is 1110. The van der Waals surface area contributed by atoms with Crippen LogP contribution < -0.4 is 20.1 Å². The normalized spacial score (nSPS) is 21.5. The van der Waals surface area contributed by atoms with E-state index in [1.165, 1.54) is 32.4 Å². The Hall–Kier alpha value is -3.92. The lowest BCUT2D eigenvalue weighted by molar-refractivity contribution is -0.385. The van der Waals surface area contributed by atoms with E-state index in [0.717, 1.165) is 5.56 Å². The fraction of sp³-hybridized carbons (Fsp3) is 0.391. The highest BCUT2D eigenvalue weighted by Gasteiger charge is 2.52. The highest BCUT2D eigenvalue weighted by molar-refractivity contribution is 5.81. The third kappa shape index (κ3) is 5.43. The summed E-state index contributed by atoms with van der Waals surface area (Å²) >= 11 is 0. The summed E-state index contributed by atoms with van der Waals surface area (Å²) in [5.74, 6) is 1.04. The van der Waals surface area contributed by atoms with Gasteiger partial charge in [0.1, 0.15) is 17.6 Å². The third-order valence-corrected chi connectivity index (χ3v) is 5.74. The van der Waals surface area contributed by atoms with E-state index in [2.05, 4.69) is 15.6 Å².